The summed E-state index contributed by atoms with van der Waals surface area (Å²) in [5.41, 5.74) is 0.519. The molecule has 1 aromatic carbocycles. The lowest BCUT2D eigenvalue weighted by Crippen LogP contribution is -1.78. The number of hydrogen-bond acceptors (Lipinski definition) is 0. The van der Waals surface area contributed by atoms with Gasteiger partial charge in [-0.25, -0.2) is 4.39 Å². The van der Waals surface area contributed by atoms with Crippen molar-refractivity contribution in [1.29, 1.82) is 0 Å². The lowest BCUT2D eigenvalue weighted by atomic mass is 10.2. The van der Waals surface area contributed by atoms with Crippen LogP contribution in [0.25, 0.3) is 6.08 Å². The molecule has 0 saturated carbocycles. The number of allylic oxidation sites excluding steroid dienone is 1. The van der Waals surface area contributed by atoms with Gasteiger partial charge in [0.2, 0.25) is 0 Å². The third-order valence-corrected chi connectivity index (χ3v) is 1.26. The molecule has 54 valence electrons. The van der Waals surface area contributed by atoms with E-state index in [0.717, 1.165) is 0 Å². The normalized spacial score (nSPS) is 9.82. The van der Waals surface area contributed by atoms with Crippen LogP contribution in [0.5, 0.6) is 0 Å². The van der Waals surface area contributed by atoms with Gasteiger partial charge in [-0.1, -0.05) is 24.1 Å². The number of benzene rings is 1. The van der Waals surface area contributed by atoms with Crippen molar-refractivity contribution < 1.29 is 4.39 Å². The first-order valence-corrected chi connectivity index (χ1v) is 3.22. The zero-order valence-electron chi connectivity index (χ0n) is 5.92. The maximum absolute atomic E-state index is 12.8. The van der Waals surface area contributed by atoms with Gasteiger partial charge in [-0.05, 0) is 18.2 Å². The Hall–Kier alpha value is -1.55. The van der Waals surface area contributed by atoms with Gasteiger partial charge < -0.3 is 0 Å². The second-order valence-corrected chi connectivity index (χ2v) is 2.02. The van der Waals surface area contributed by atoms with Crippen LogP contribution < -0.4 is 0 Å². The van der Waals surface area contributed by atoms with E-state index in [0.29, 0.717) is 5.56 Å². The minimum absolute atomic E-state index is 0.251. The van der Waals surface area contributed by atoms with Crippen LogP contribution in [-0.2, 0) is 0 Å². The molecule has 0 amide bonds. The van der Waals surface area contributed by atoms with Crippen LogP contribution in [0, 0.1) is 18.2 Å². The molecule has 0 aromatic heterocycles. The number of rotatable bonds is 1. The van der Waals surface area contributed by atoms with Crippen molar-refractivity contribution in [1.82, 2.24) is 0 Å². The lowest BCUT2D eigenvalue weighted by molar-refractivity contribution is 0.625. The molecule has 0 aliphatic heterocycles. The van der Waals surface area contributed by atoms with Crippen LogP contribution in [0.1, 0.15) is 5.56 Å². The zero-order valence-corrected chi connectivity index (χ0v) is 5.92. The average molecular weight is 146 g/mol. The summed E-state index contributed by atoms with van der Waals surface area (Å²) in [4.78, 5) is 0. The van der Waals surface area contributed by atoms with Gasteiger partial charge in [-0.3, -0.25) is 0 Å². The van der Waals surface area contributed by atoms with E-state index in [9.17, 15) is 4.39 Å². The minimum atomic E-state index is -0.251. The molecule has 11 heavy (non-hydrogen) atoms. The molecule has 0 aliphatic carbocycles. The second kappa shape index (κ2) is 3.58. The first-order valence-electron chi connectivity index (χ1n) is 3.22. The first-order chi connectivity index (χ1) is 5.34. The Kier molecular flexibility index (Phi) is 2.46. The standard InChI is InChI=1S/C10H7F/c1-2-3-6-9-7-4-5-8-10(9)11/h1,3-8H. The van der Waals surface area contributed by atoms with Crippen molar-refractivity contribution in [2.75, 3.05) is 0 Å². The van der Waals surface area contributed by atoms with Crippen LogP contribution in [0.4, 0.5) is 4.39 Å². The van der Waals surface area contributed by atoms with Crippen LogP contribution in [-0.4, -0.2) is 0 Å². The third kappa shape index (κ3) is 1.94. The van der Waals surface area contributed by atoms with Crippen LogP contribution in [0.3, 0.4) is 0 Å². The molecule has 0 spiro atoms. The van der Waals surface area contributed by atoms with E-state index >= 15 is 0 Å². The summed E-state index contributed by atoms with van der Waals surface area (Å²) in [5.74, 6) is 2.05. The van der Waals surface area contributed by atoms with E-state index in [-0.39, 0.29) is 5.82 Å². The quantitative estimate of drug-likeness (QED) is 0.534. The fourth-order valence-electron chi connectivity index (χ4n) is 0.748. The summed E-state index contributed by atoms with van der Waals surface area (Å²) in [7, 11) is 0. The number of terminal acetylenes is 1. The van der Waals surface area contributed by atoms with Gasteiger partial charge in [-0.2, -0.15) is 0 Å². The molecule has 0 fully saturated rings. The van der Waals surface area contributed by atoms with Crippen molar-refractivity contribution in [3.05, 3.63) is 41.7 Å². The van der Waals surface area contributed by atoms with Gasteiger partial charge in [-0.15, -0.1) is 6.42 Å². The molecule has 0 unspecified atom stereocenters. The number of halogens is 1. The molecule has 1 rings (SSSR count). The smallest absolute Gasteiger partial charge is 0.130 e. The van der Waals surface area contributed by atoms with Crippen molar-refractivity contribution in [3.8, 4) is 12.3 Å². The monoisotopic (exact) mass is 146 g/mol. The van der Waals surface area contributed by atoms with Gasteiger partial charge in [0.25, 0.3) is 0 Å². The first kappa shape index (κ1) is 7.56. The highest BCUT2D eigenvalue weighted by Gasteiger charge is 1.92. The van der Waals surface area contributed by atoms with E-state index in [2.05, 4.69) is 5.92 Å². The maximum Gasteiger partial charge on any atom is 0.130 e. The molecule has 0 bridgehead atoms. The molecule has 1 heteroatoms. The van der Waals surface area contributed by atoms with Crippen LogP contribution in [0.2, 0.25) is 0 Å². The molecular weight excluding hydrogens is 139 g/mol. The van der Waals surface area contributed by atoms with E-state index in [4.69, 9.17) is 6.42 Å². The van der Waals surface area contributed by atoms with Crippen LogP contribution in [0.15, 0.2) is 30.3 Å². The summed E-state index contributed by atoms with van der Waals surface area (Å²) >= 11 is 0. The molecule has 0 atom stereocenters. The largest absolute Gasteiger partial charge is 0.206 e. The fourth-order valence-corrected chi connectivity index (χ4v) is 0.748. The summed E-state index contributed by atoms with van der Waals surface area (Å²) < 4.78 is 12.8. The topological polar surface area (TPSA) is 0 Å². The molecule has 0 nitrogen and oxygen atoms in total. The van der Waals surface area contributed by atoms with Gasteiger partial charge in [0, 0.05) is 5.56 Å². The Balaban J connectivity index is 2.97. The molecule has 0 aliphatic rings. The van der Waals surface area contributed by atoms with Crippen molar-refractivity contribution >= 4 is 6.08 Å². The average Bonchev–Trinajstić information content (AvgIpc) is 2.03. The van der Waals surface area contributed by atoms with E-state index < -0.39 is 0 Å². The Bertz CT molecular complexity index is 305. The lowest BCUT2D eigenvalue weighted by Gasteiger charge is -1.92. The predicted molar refractivity (Wildman–Crippen MR) is 44.3 cm³/mol. The molecule has 0 heterocycles. The summed E-state index contributed by atoms with van der Waals surface area (Å²) in [6, 6.07) is 6.47. The molecule has 0 radical (unpaired) electrons. The fraction of sp³-hybridized carbons (Fsp3) is 0. The van der Waals surface area contributed by atoms with Crippen molar-refractivity contribution in [2.24, 2.45) is 0 Å². The highest BCUT2D eigenvalue weighted by Crippen LogP contribution is 2.07. The maximum atomic E-state index is 12.8. The Labute approximate surface area is 65.4 Å². The summed E-state index contributed by atoms with van der Waals surface area (Å²) in [6.45, 7) is 0. The highest BCUT2D eigenvalue weighted by atomic mass is 19.1. The zero-order chi connectivity index (χ0) is 8.10. The Morgan fingerprint density at radius 2 is 2.09 bits per heavy atom. The van der Waals surface area contributed by atoms with Crippen LogP contribution >= 0.6 is 0 Å². The molecular formula is C10H7F. The predicted octanol–water partition coefficient (Wildman–Crippen LogP) is 2.47. The SMILES string of the molecule is C#CC=Cc1ccccc1F. The third-order valence-electron chi connectivity index (χ3n) is 1.26. The van der Waals surface area contributed by atoms with Gasteiger partial charge in [0.1, 0.15) is 5.82 Å². The van der Waals surface area contributed by atoms with E-state index in [1.807, 2.05) is 0 Å². The number of hydrogen-bond donors (Lipinski definition) is 0. The Morgan fingerprint density at radius 3 is 2.73 bits per heavy atom. The van der Waals surface area contributed by atoms with Gasteiger partial charge in [0.05, 0.1) is 0 Å². The molecule has 1 aromatic rings. The van der Waals surface area contributed by atoms with Crippen molar-refractivity contribution in [2.45, 2.75) is 0 Å². The van der Waals surface area contributed by atoms with E-state index in [1.165, 1.54) is 12.1 Å². The van der Waals surface area contributed by atoms with Gasteiger partial charge >= 0.3 is 0 Å². The minimum Gasteiger partial charge on any atom is -0.206 e. The van der Waals surface area contributed by atoms with Gasteiger partial charge in [0.15, 0.2) is 0 Å². The summed E-state index contributed by atoms with van der Waals surface area (Å²) in [5, 5.41) is 0. The molecule has 0 N–H and O–H groups in total. The highest BCUT2D eigenvalue weighted by molar-refractivity contribution is 5.52. The van der Waals surface area contributed by atoms with Crippen molar-refractivity contribution in [3.63, 3.8) is 0 Å². The summed E-state index contributed by atoms with van der Waals surface area (Å²) in [6.07, 6.45) is 8.00. The second-order valence-electron chi connectivity index (χ2n) is 2.02. The Morgan fingerprint density at radius 1 is 1.36 bits per heavy atom. The molecule has 0 saturated heterocycles. The van der Waals surface area contributed by atoms with E-state index in [1.54, 1.807) is 24.3 Å².